The Morgan fingerprint density at radius 3 is 1.90 bits per heavy atom. The van der Waals surface area contributed by atoms with Crippen molar-refractivity contribution in [3.8, 4) is 11.5 Å². The molecule has 0 saturated carbocycles. The molecule has 0 aliphatic rings. The smallest absolute Gasteiger partial charge is 0.123 e. The number of hydrogen-bond donors (Lipinski definition) is 0. The standard InChI is InChI=1S/C16H15NO3/c1-19-15-9-13(10-16(11-15)20-2)4-3-12-5-7-14(17-18)8-6-12/h3-11H,1-2H3/b4-3+. The molecular formula is C16H15NO3. The van der Waals surface area contributed by atoms with Crippen LogP contribution in [0.5, 0.6) is 11.5 Å². The summed E-state index contributed by atoms with van der Waals surface area (Å²) < 4.78 is 10.4. The molecule has 102 valence electrons. The average Bonchev–Trinajstić information content (AvgIpc) is 2.53. The van der Waals surface area contributed by atoms with E-state index in [0.29, 0.717) is 5.69 Å². The number of benzene rings is 2. The van der Waals surface area contributed by atoms with Crippen molar-refractivity contribution in [2.45, 2.75) is 0 Å². The molecule has 0 fully saturated rings. The first-order valence-corrected chi connectivity index (χ1v) is 6.10. The molecule has 20 heavy (non-hydrogen) atoms. The molecule has 0 aliphatic carbocycles. The lowest BCUT2D eigenvalue weighted by atomic mass is 10.1. The monoisotopic (exact) mass is 269 g/mol. The molecule has 0 saturated heterocycles. The van der Waals surface area contributed by atoms with E-state index in [1.54, 1.807) is 26.4 Å². The van der Waals surface area contributed by atoms with Gasteiger partial charge in [-0.25, -0.2) is 0 Å². The van der Waals surface area contributed by atoms with E-state index in [0.717, 1.165) is 22.6 Å². The lowest BCUT2D eigenvalue weighted by Crippen LogP contribution is -1.88. The van der Waals surface area contributed by atoms with Gasteiger partial charge in [-0.1, -0.05) is 24.3 Å². The molecule has 2 rings (SSSR count). The number of nitrogens with zero attached hydrogens (tertiary/aromatic N) is 1. The van der Waals surface area contributed by atoms with E-state index in [2.05, 4.69) is 5.18 Å². The number of rotatable bonds is 5. The maximum atomic E-state index is 10.3. The van der Waals surface area contributed by atoms with Crippen LogP contribution in [0.25, 0.3) is 12.2 Å². The van der Waals surface area contributed by atoms with Gasteiger partial charge in [0.05, 0.1) is 14.2 Å². The maximum Gasteiger partial charge on any atom is 0.123 e. The van der Waals surface area contributed by atoms with Crippen LogP contribution < -0.4 is 9.47 Å². The van der Waals surface area contributed by atoms with Gasteiger partial charge in [-0.3, -0.25) is 0 Å². The Morgan fingerprint density at radius 2 is 1.40 bits per heavy atom. The van der Waals surface area contributed by atoms with E-state index >= 15 is 0 Å². The number of ether oxygens (including phenoxy) is 2. The van der Waals surface area contributed by atoms with Crippen LogP contribution in [0, 0.1) is 4.91 Å². The number of hydrogen-bond acceptors (Lipinski definition) is 4. The highest BCUT2D eigenvalue weighted by atomic mass is 16.5. The Bertz CT molecular complexity index is 596. The largest absolute Gasteiger partial charge is 0.497 e. The molecule has 0 amide bonds. The molecule has 0 N–H and O–H groups in total. The minimum atomic E-state index is 0.421. The van der Waals surface area contributed by atoms with Gasteiger partial charge in [0.15, 0.2) is 0 Å². The lowest BCUT2D eigenvalue weighted by molar-refractivity contribution is 0.394. The molecule has 0 heterocycles. The molecule has 0 unspecified atom stereocenters. The zero-order chi connectivity index (χ0) is 14.4. The van der Waals surface area contributed by atoms with Crippen molar-refractivity contribution in [1.29, 1.82) is 0 Å². The Labute approximate surface area is 117 Å². The normalized spacial score (nSPS) is 10.5. The van der Waals surface area contributed by atoms with Crippen molar-refractivity contribution in [2.75, 3.05) is 14.2 Å². The second-order valence-corrected chi connectivity index (χ2v) is 4.16. The summed E-state index contributed by atoms with van der Waals surface area (Å²) in [5.74, 6) is 1.48. The van der Waals surface area contributed by atoms with E-state index in [-0.39, 0.29) is 0 Å². The maximum absolute atomic E-state index is 10.3. The average molecular weight is 269 g/mol. The van der Waals surface area contributed by atoms with Crippen molar-refractivity contribution in [3.05, 3.63) is 58.5 Å². The Balaban J connectivity index is 2.23. The van der Waals surface area contributed by atoms with Gasteiger partial charge in [0.2, 0.25) is 0 Å². The van der Waals surface area contributed by atoms with Crippen molar-refractivity contribution in [3.63, 3.8) is 0 Å². The summed E-state index contributed by atoms with van der Waals surface area (Å²) in [6, 6.07) is 12.7. The van der Waals surface area contributed by atoms with Crippen LogP contribution in [-0.2, 0) is 0 Å². The second-order valence-electron chi connectivity index (χ2n) is 4.16. The topological polar surface area (TPSA) is 47.9 Å². The second kappa shape index (κ2) is 6.52. The van der Waals surface area contributed by atoms with Crippen molar-refractivity contribution in [2.24, 2.45) is 5.18 Å². The van der Waals surface area contributed by atoms with Crippen LogP contribution in [0.1, 0.15) is 11.1 Å². The number of methoxy groups -OCH3 is 2. The van der Waals surface area contributed by atoms with Crippen LogP contribution in [0.4, 0.5) is 5.69 Å². The van der Waals surface area contributed by atoms with Gasteiger partial charge < -0.3 is 9.47 Å². The third-order valence-electron chi connectivity index (χ3n) is 2.84. The summed E-state index contributed by atoms with van der Waals surface area (Å²) in [6.07, 6.45) is 3.90. The predicted octanol–water partition coefficient (Wildman–Crippen LogP) is 4.27. The minimum absolute atomic E-state index is 0.421. The fourth-order valence-electron chi connectivity index (χ4n) is 1.76. The summed E-state index contributed by atoms with van der Waals surface area (Å²) >= 11 is 0. The molecular weight excluding hydrogens is 254 g/mol. The molecule has 0 aromatic heterocycles. The predicted molar refractivity (Wildman–Crippen MR) is 80.4 cm³/mol. The van der Waals surface area contributed by atoms with Gasteiger partial charge >= 0.3 is 0 Å². The fraction of sp³-hybridized carbons (Fsp3) is 0.125. The third kappa shape index (κ3) is 3.45. The van der Waals surface area contributed by atoms with Gasteiger partial charge in [0, 0.05) is 6.07 Å². The number of nitroso groups, excluding NO2 is 1. The summed E-state index contributed by atoms with van der Waals surface area (Å²) in [4.78, 5) is 10.3. The lowest BCUT2D eigenvalue weighted by Gasteiger charge is -2.05. The van der Waals surface area contributed by atoms with Crippen molar-refractivity contribution < 1.29 is 9.47 Å². The van der Waals surface area contributed by atoms with E-state index < -0.39 is 0 Å². The molecule has 0 spiro atoms. The van der Waals surface area contributed by atoms with Gasteiger partial charge in [0.25, 0.3) is 0 Å². The van der Waals surface area contributed by atoms with E-state index in [9.17, 15) is 4.91 Å². The van der Waals surface area contributed by atoms with Crippen LogP contribution in [0.15, 0.2) is 47.6 Å². The first kappa shape index (κ1) is 13.8. The zero-order valence-electron chi connectivity index (χ0n) is 11.4. The van der Waals surface area contributed by atoms with E-state index in [1.165, 1.54) is 0 Å². The van der Waals surface area contributed by atoms with Gasteiger partial charge in [0.1, 0.15) is 17.2 Å². The third-order valence-corrected chi connectivity index (χ3v) is 2.84. The first-order valence-electron chi connectivity index (χ1n) is 6.10. The van der Waals surface area contributed by atoms with Gasteiger partial charge in [-0.2, -0.15) is 0 Å². The van der Waals surface area contributed by atoms with E-state index in [1.807, 2.05) is 42.5 Å². The van der Waals surface area contributed by atoms with Crippen LogP contribution in [-0.4, -0.2) is 14.2 Å². The Hall–Kier alpha value is -2.62. The molecule has 4 nitrogen and oxygen atoms in total. The molecule has 2 aromatic carbocycles. The molecule has 0 bridgehead atoms. The highest BCUT2D eigenvalue weighted by Crippen LogP contribution is 2.24. The van der Waals surface area contributed by atoms with Gasteiger partial charge in [-0.15, -0.1) is 4.91 Å². The van der Waals surface area contributed by atoms with Crippen molar-refractivity contribution in [1.82, 2.24) is 0 Å². The van der Waals surface area contributed by atoms with Crippen molar-refractivity contribution >= 4 is 17.8 Å². The summed E-state index contributed by atoms with van der Waals surface area (Å²) in [5, 5.41) is 2.87. The summed E-state index contributed by atoms with van der Waals surface area (Å²) in [6.45, 7) is 0. The SMILES string of the molecule is COc1cc(/C=C/c2ccc(N=O)cc2)cc(OC)c1. The Kier molecular flexibility index (Phi) is 4.50. The van der Waals surface area contributed by atoms with Crippen LogP contribution >= 0.6 is 0 Å². The quantitative estimate of drug-likeness (QED) is 0.601. The molecule has 0 aliphatic heterocycles. The Morgan fingerprint density at radius 1 is 0.850 bits per heavy atom. The van der Waals surface area contributed by atoms with Gasteiger partial charge in [-0.05, 0) is 40.6 Å². The summed E-state index contributed by atoms with van der Waals surface area (Å²) in [5.41, 5.74) is 2.38. The molecule has 4 heteroatoms. The highest BCUT2D eigenvalue weighted by molar-refractivity contribution is 5.71. The molecule has 2 aromatic rings. The minimum Gasteiger partial charge on any atom is -0.497 e. The van der Waals surface area contributed by atoms with Crippen LogP contribution in [0.3, 0.4) is 0 Å². The fourth-order valence-corrected chi connectivity index (χ4v) is 1.76. The first-order chi connectivity index (χ1) is 9.75. The van der Waals surface area contributed by atoms with Crippen LogP contribution in [0.2, 0.25) is 0 Å². The summed E-state index contributed by atoms with van der Waals surface area (Å²) in [7, 11) is 3.24. The zero-order valence-corrected chi connectivity index (χ0v) is 11.4. The highest BCUT2D eigenvalue weighted by Gasteiger charge is 1.99. The molecule has 0 atom stereocenters. The molecule has 0 radical (unpaired) electrons. The van der Waals surface area contributed by atoms with E-state index in [4.69, 9.17) is 9.47 Å².